The van der Waals surface area contributed by atoms with Gasteiger partial charge in [-0.2, -0.15) is 0 Å². The van der Waals surface area contributed by atoms with Crippen molar-refractivity contribution in [3.05, 3.63) is 103 Å². The molecule has 0 aliphatic carbocycles. The number of benzene rings is 3. The van der Waals surface area contributed by atoms with Crippen molar-refractivity contribution < 1.29 is 0 Å². The third kappa shape index (κ3) is 3.93. The van der Waals surface area contributed by atoms with Crippen molar-refractivity contribution in [2.24, 2.45) is 0 Å². The molecule has 0 fully saturated rings. The molecule has 2 heterocycles. The fourth-order valence-electron chi connectivity index (χ4n) is 3.52. The van der Waals surface area contributed by atoms with Crippen LogP contribution in [0.2, 0.25) is 0 Å². The minimum Gasteiger partial charge on any atom is -0.355 e. The Morgan fingerprint density at radius 3 is 2.13 bits per heavy atom. The summed E-state index contributed by atoms with van der Waals surface area (Å²) < 4.78 is 1.95. The third-order valence-electron chi connectivity index (χ3n) is 5.04. The van der Waals surface area contributed by atoms with Gasteiger partial charge in [-0.15, -0.1) is 10.2 Å². The van der Waals surface area contributed by atoms with E-state index in [0.29, 0.717) is 17.5 Å². The second kappa shape index (κ2) is 8.45. The predicted octanol–water partition coefficient (Wildman–Crippen LogP) is 5.08. The average Bonchev–Trinajstić information content (AvgIpc) is 3.28. The second-order valence-corrected chi connectivity index (χ2v) is 7.45. The van der Waals surface area contributed by atoms with E-state index >= 15 is 0 Å². The summed E-state index contributed by atoms with van der Waals surface area (Å²) in [6.07, 6.45) is 1.97. The Bertz CT molecular complexity index is 1350. The van der Waals surface area contributed by atoms with Crippen LogP contribution in [-0.2, 0) is 6.54 Å². The maximum absolute atomic E-state index is 5.61. The highest BCUT2D eigenvalue weighted by Crippen LogP contribution is 2.28. The lowest BCUT2D eigenvalue weighted by Crippen LogP contribution is -2.28. The van der Waals surface area contributed by atoms with Crippen molar-refractivity contribution in [2.45, 2.75) is 6.54 Å². The molecule has 6 heteroatoms. The number of hydrogen-bond donors (Lipinski definition) is 1. The summed E-state index contributed by atoms with van der Waals surface area (Å²) in [7, 11) is 0. The molecule has 0 radical (unpaired) electrons. The molecule has 5 rings (SSSR count). The van der Waals surface area contributed by atoms with Crippen molar-refractivity contribution in [3.63, 3.8) is 0 Å². The van der Waals surface area contributed by atoms with E-state index in [1.54, 1.807) is 0 Å². The Kier molecular flexibility index (Phi) is 5.21. The Morgan fingerprint density at radius 1 is 0.742 bits per heavy atom. The van der Waals surface area contributed by atoms with Crippen LogP contribution in [0.3, 0.4) is 0 Å². The van der Waals surface area contributed by atoms with E-state index in [0.717, 1.165) is 33.4 Å². The summed E-state index contributed by atoms with van der Waals surface area (Å²) in [5, 5.41) is 13.9. The number of hydrogen-bond acceptors (Lipinski definition) is 4. The largest absolute Gasteiger partial charge is 0.355 e. The zero-order valence-electron chi connectivity index (χ0n) is 16.6. The van der Waals surface area contributed by atoms with Gasteiger partial charge in [-0.25, -0.2) is 4.98 Å². The van der Waals surface area contributed by atoms with Crippen LogP contribution in [0.25, 0.3) is 33.4 Å². The van der Waals surface area contributed by atoms with E-state index < -0.39 is 0 Å². The minimum absolute atomic E-state index is 0.382. The fourth-order valence-corrected chi connectivity index (χ4v) is 3.75. The van der Waals surface area contributed by atoms with E-state index in [2.05, 4.69) is 21.6 Å². The molecule has 0 saturated heterocycles. The number of para-hydroxylation sites is 1. The first-order valence-corrected chi connectivity index (χ1v) is 10.4. The third-order valence-corrected chi connectivity index (χ3v) is 5.38. The summed E-state index contributed by atoms with van der Waals surface area (Å²) in [4.78, 5) is 4.83. The number of nitrogens with zero attached hydrogens (tertiary/aromatic N) is 4. The monoisotopic (exact) mass is 421 g/mol. The lowest BCUT2D eigenvalue weighted by molar-refractivity contribution is 0.778. The molecule has 0 aliphatic rings. The van der Waals surface area contributed by atoms with Crippen LogP contribution in [0.4, 0.5) is 0 Å². The number of fused-ring (bicyclic) bond motifs is 1. The molecule has 2 aromatic heterocycles. The van der Waals surface area contributed by atoms with Crippen molar-refractivity contribution in [1.29, 1.82) is 0 Å². The number of thiocarbonyl (C=S) groups is 1. The zero-order chi connectivity index (χ0) is 21.0. The van der Waals surface area contributed by atoms with Crippen molar-refractivity contribution >= 4 is 28.2 Å². The molecule has 0 amide bonds. The van der Waals surface area contributed by atoms with Crippen LogP contribution in [0, 0.1) is 0 Å². The molecule has 150 valence electrons. The summed E-state index contributed by atoms with van der Waals surface area (Å²) in [6, 6.07) is 30.2. The normalized spacial score (nSPS) is 10.8. The van der Waals surface area contributed by atoms with Gasteiger partial charge in [0, 0.05) is 22.7 Å². The van der Waals surface area contributed by atoms with E-state index in [1.807, 2.05) is 95.7 Å². The molecule has 0 aliphatic heterocycles. The zero-order valence-corrected chi connectivity index (χ0v) is 17.5. The molecule has 5 aromatic rings. The summed E-state index contributed by atoms with van der Waals surface area (Å²) >= 11 is 5.61. The van der Waals surface area contributed by atoms with Crippen LogP contribution < -0.4 is 5.32 Å². The molecule has 0 atom stereocenters. The molecule has 0 spiro atoms. The van der Waals surface area contributed by atoms with Crippen LogP contribution in [0.15, 0.2) is 97.2 Å². The smallest absolute Gasteiger partial charge is 0.178 e. The molecule has 1 N–H and O–H groups in total. The van der Waals surface area contributed by atoms with Gasteiger partial charge in [-0.3, -0.25) is 4.57 Å². The van der Waals surface area contributed by atoms with Crippen LogP contribution in [0.5, 0.6) is 0 Å². The van der Waals surface area contributed by atoms with Crippen molar-refractivity contribution in [1.82, 2.24) is 25.1 Å². The van der Waals surface area contributed by atoms with Gasteiger partial charge in [0.15, 0.2) is 10.9 Å². The van der Waals surface area contributed by atoms with E-state index in [1.165, 1.54) is 0 Å². The van der Waals surface area contributed by atoms with E-state index in [-0.39, 0.29) is 0 Å². The summed E-state index contributed by atoms with van der Waals surface area (Å²) in [5.41, 5.74) is 4.60. The topological polar surface area (TPSA) is 55.6 Å². The molecular weight excluding hydrogens is 402 g/mol. The molecular formula is C25H19N5S. The quantitative estimate of drug-likeness (QED) is 0.410. The van der Waals surface area contributed by atoms with Gasteiger partial charge in [0.2, 0.25) is 0 Å². The standard InChI is InChI=1S/C25H19N5S/c31-25(30-16-15-18-9-7-8-14-21(18)30)26-17-22-27-23(19-10-3-1-4-11-19)24(29-28-22)20-12-5-2-6-13-20/h1-16H,17H2,(H,26,31). The number of aromatic nitrogens is 4. The minimum atomic E-state index is 0.382. The van der Waals surface area contributed by atoms with Gasteiger partial charge in [0.25, 0.3) is 0 Å². The van der Waals surface area contributed by atoms with E-state index in [4.69, 9.17) is 17.2 Å². The van der Waals surface area contributed by atoms with Crippen LogP contribution >= 0.6 is 12.2 Å². The highest BCUT2D eigenvalue weighted by molar-refractivity contribution is 7.80. The Labute approximate surface area is 185 Å². The maximum atomic E-state index is 5.61. The Morgan fingerprint density at radius 2 is 1.39 bits per heavy atom. The predicted molar refractivity (Wildman–Crippen MR) is 127 cm³/mol. The number of rotatable bonds is 4. The Balaban J connectivity index is 1.44. The molecule has 0 unspecified atom stereocenters. The highest BCUT2D eigenvalue weighted by atomic mass is 32.1. The highest BCUT2D eigenvalue weighted by Gasteiger charge is 2.14. The van der Waals surface area contributed by atoms with Crippen molar-refractivity contribution in [2.75, 3.05) is 0 Å². The van der Waals surface area contributed by atoms with Gasteiger partial charge in [-0.05, 0) is 24.4 Å². The number of nitrogens with one attached hydrogen (secondary N) is 1. The van der Waals surface area contributed by atoms with Crippen LogP contribution in [-0.4, -0.2) is 24.9 Å². The maximum Gasteiger partial charge on any atom is 0.178 e. The second-order valence-electron chi connectivity index (χ2n) is 7.06. The van der Waals surface area contributed by atoms with Gasteiger partial charge in [0.05, 0.1) is 12.1 Å². The van der Waals surface area contributed by atoms with Crippen LogP contribution in [0.1, 0.15) is 5.82 Å². The first-order chi connectivity index (χ1) is 15.3. The average molecular weight is 422 g/mol. The SMILES string of the molecule is S=C(NCc1nnc(-c2ccccc2)c(-c2ccccc2)n1)n1ccc2ccccc21. The first-order valence-electron chi connectivity index (χ1n) is 9.98. The molecule has 0 saturated carbocycles. The van der Waals surface area contributed by atoms with Gasteiger partial charge in [-0.1, -0.05) is 78.9 Å². The van der Waals surface area contributed by atoms with Gasteiger partial charge < -0.3 is 5.32 Å². The summed E-state index contributed by atoms with van der Waals surface area (Å²) in [5.74, 6) is 0.581. The molecule has 3 aromatic carbocycles. The van der Waals surface area contributed by atoms with Gasteiger partial charge in [0.1, 0.15) is 11.4 Å². The first kappa shape index (κ1) is 19.1. The Hall–Kier alpha value is -3.90. The van der Waals surface area contributed by atoms with Crippen molar-refractivity contribution in [3.8, 4) is 22.5 Å². The van der Waals surface area contributed by atoms with Gasteiger partial charge >= 0.3 is 0 Å². The molecule has 0 bridgehead atoms. The molecule has 31 heavy (non-hydrogen) atoms. The molecule has 5 nitrogen and oxygen atoms in total. The summed E-state index contributed by atoms with van der Waals surface area (Å²) in [6.45, 7) is 0.382. The fraction of sp³-hybridized carbons (Fsp3) is 0.0400. The lowest BCUT2D eigenvalue weighted by Gasteiger charge is -2.12. The lowest BCUT2D eigenvalue weighted by atomic mass is 10.0. The van der Waals surface area contributed by atoms with E-state index in [9.17, 15) is 0 Å².